The SMILES string of the molecule is NC(=O)C=Cc1cc(F)c(O)c(F)c1. The number of amides is 1. The summed E-state index contributed by atoms with van der Waals surface area (Å²) >= 11 is 0. The second kappa shape index (κ2) is 3.87. The van der Waals surface area contributed by atoms with Crippen LogP contribution >= 0.6 is 0 Å². The van der Waals surface area contributed by atoms with E-state index in [1.54, 1.807) is 0 Å². The van der Waals surface area contributed by atoms with Crippen LogP contribution in [-0.4, -0.2) is 11.0 Å². The van der Waals surface area contributed by atoms with Crippen molar-refractivity contribution in [1.29, 1.82) is 0 Å². The van der Waals surface area contributed by atoms with E-state index in [4.69, 9.17) is 10.8 Å². The zero-order valence-corrected chi connectivity index (χ0v) is 7.00. The summed E-state index contributed by atoms with van der Waals surface area (Å²) in [6.07, 6.45) is 2.11. The Morgan fingerprint density at radius 3 is 2.29 bits per heavy atom. The van der Waals surface area contributed by atoms with Crippen LogP contribution in [0.4, 0.5) is 8.78 Å². The number of hydrogen-bond donors (Lipinski definition) is 2. The number of primary amides is 1. The molecule has 0 bridgehead atoms. The second-order valence-electron chi connectivity index (χ2n) is 2.57. The van der Waals surface area contributed by atoms with Crippen LogP contribution in [0.1, 0.15) is 5.56 Å². The lowest BCUT2D eigenvalue weighted by atomic mass is 10.2. The maximum atomic E-state index is 12.7. The van der Waals surface area contributed by atoms with Crippen molar-refractivity contribution in [3.8, 4) is 5.75 Å². The molecule has 3 N–H and O–H groups in total. The van der Waals surface area contributed by atoms with Gasteiger partial charge in [0.05, 0.1) is 0 Å². The third-order valence-electron chi connectivity index (χ3n) is 1.48. The molecule has 74 valence electrons. The summed E-state index contributed by atoms with van der Waals surface area (Å²) in [5.41, 5.74) is 4.89. The molecular formula is C9H7F2NO2. The molecule has 1 aromatic carbocycles. The highest BCUT2D eigenvalue weighted by Gasteiger charge is 2.07. The maximum Gasteiger partial charge on any atom is 0.241 e. The van der Waals surface area contributed by atoms with Crippen molar-refractivity contribution >= 4 is 12.0 Å². The molecule has 5 heteroatoms. The van der Waals surface area contributed by atoms with Gasteiger partial charge in [-0.05, 0) is 23.8 Å². The van der Waals surface area contributed by atoms with Gasteiger partial charge in [0, 0.05) is 6.08 Å². The van der Waals surface area contributed by atoms with Crippen LogP contribution in [0.5, 0.6) is 5.75 Å². The number of aromatic hydroxyl groups is 1. The number of hydrogen-bond acceptors (Lipinski definition) is 2. The Morgan fingerprint density at radius 2 is 1.86 bits per heavy atom. The van der Waals surface area contributed by atoms with E-state index in [0.29, 0.717) is 0 Å². The summed E-state index contributed by atoms with van der Waals surface area (Å²) in [6, 6.07) is 1.77. The van der Waals surface area contributed by atoms with Crippen LogP contribution in [0, 0.1) is 11.6 Å². The van der Waals surface area contributed by atoms with Gasteiger partial charge in [-0.25, -0.2) is 8.78 Å². The van der Waals surface area contributed by atoms with Crippen LogP contribution < -0.4 is 5.73 Å². The summed E-state index contributed by atoms with van der Waals surface area (Å²) < 4.78 is 25.4. The number of nitrogens with two attached hydrogens (primary N) is 1. The highest BCUT2D eigenvalue weighted by molar-refractivity contribution is 5.90. The number of carbonyl (C=O) groups is 1. The molecule has 1 amide bonds. The summed E-state index contributed by atoms with van der Waals surface area (Å²) in [4.78, 5) is 10.3. The van der Waals surface area contributed by atoms with Gasteiger partial charge < -0.3 is 10.8 Å². The Hall–Kier alpha value is -1.91. The monoisotopic (exact) mass is 199 g/mol. The van der Waals surface area contributed by atoms with E-state index in [-0.39, 0.29) is 5.56 Å². The number of halogens is 2. The van der Waals surface area contributed by atoms with Crippen molar-refractivity contribution in [3.05, 3.63) is 35.4 Å². The van der Waals surface area contributed by atoms with E-state index in [1.807, 2.05) is 0 Å². The zero-order chi connectivity index (χ0) is 10.7. The summed E-state index contributed by atoms with van der Waals surface area (Å²) in [5.74, 6) is -3.94. The van der Waals surface area contributed by atoms with Gasteiger partial charge in [-0.15, -0.1) is 0 Å². The first-order valence-corrected chi connectivity index (χ1v) is 3.66. The van der Waals surface area contributed by atoms with Crippen LogP contribution in [0.25, 0.3) is 6.08 Å². The number of benzene rings is 1. The molecule has 14 heavy (non-hydrogen) atoms. The largest absolute Gasteiger partial charge is 0.503 e. The lowest BCUT2D eigenvalue weighted by Crippen LogP contribution is -2.05. The zero-order valence-electron chi connectivity index (χ0n) is 7.00. The first kappa shape index (κ1) is 10.2. The minimum absolute atomic E-state index is 0.108. The molecule has 0 spiro atoms. The fourth-order valence-corrected chi connectivity index (χ4v) is 0.860. The van der Waals surface area contributed by atoms with Gasteiger partial charge in [0.25, 0.3) is 0 Å². The third kappa shape index (κ3) is 2.29. The molecule has 0 aliphatic carbocycles. The number of phenolic OH excluding ortho intramolecular Hbond substituents is 1. The van der Waals surface area contributed by atoms with Crippen molar-refractivity contribution in [3.63, 3.8) is 0 Å². The summed E-state index contributed by atoms with van der Waals surface area (Å²) in [6.45, 7) is 0. The molecule has 0 aliphatic heterocycles. The summed E-state index contributed by atoms with van der Waals surface area (Å²) in [7, 11) is 0. The molecule has 0 aliphatic rings. The van der Waals surface area contributed by atoms with E-state index in [2.05, 4.69) is 0 Å². The van der Waals surface area contributed by atoms with Gasteiger partial charge in [-0.1, -0.05) is 0 Å². The Morgan fingerprint density at radius 1 is 1.36 bits per heavy atom. The Kier molecular flexibility index (Phi) is 2.81. The van der Waals surface area contributed by atoms with Gasteiger partial charge in [0.2, 0.25) is 5.91 Å². The van der Waals surface area contributed by atoms with Crippen molar-refractivity contribution in [2.45, 2.75) is 0 Å². The molecule has 0 unspecified atom stereocenters. The average molecular weight is 199 g/mol. The first-order valence-electron chi connectivity index (χ1n) is 3.66. The molecule has 0 radical (unpaired) electrons. The molecule has 0 saturated carbocycles. The molecule has 0 aromatic heterocycles. The van der Waals surface area contributed by atoms with Gasteiger partial charge in [0.15, 0.2) is 17.4 Å². The van der Waals surface area contributed by atoms with Crippen molar-refractivity contribution in [2.75, 3.05) is 0 Å². The standard InChI is InChI=1S/C9H7F2NO2/c10-6-3-5(1-2-8(12)13)4-7(11)9(6)14/h1-4,14H,(H2,12,13). The van der Waals surface area contributed by atoms with Gasteiger partial charge >= 0.3 is 0 Å². The fraction of sp³-hybridized carbons (Fsp3) is 0. The predicted octanol–water partition coefficient (Wildman–Crippen LogP) is 1.17. The van der Waals surface area contributed by atoms with Crippen LogP contribution in [0.15, 0.2) is 18.2 Å². The Balaban J connectivity index is 3.07. The molecular weight excluding hydrogens is 192 g/mol. The molecule has 1 aromatic rings. The average Bonchev–Trinajstić information content (AvgIpc) is 2.10. The first-order chi connectivity index (χ1) is 6.50. The molecule has 0 heterocycles. The smallest absolute Gasteiger partial charge is 0.241 e. The highest BCUT2D eigenvalue weighted by Crippen LogP contribution is 2.21. The van der Waals surface area contributed by atoms with Crippen LogP contribution in [0.2, 0.25) is 0 Å². The van der Waals surface area contributed by atoms with E-state index >= 15 is 0 Å². The number of phenols is 1. The predicted molar refractivity (Wildman–Crippen MR) is 46.3 cm³/mol. The van der Waals surface area contributed by atoms with Crippen LogP contribution in [0.3, 0.4) is 0 Å². The molecule has 0 saturated heterocycles. The number of rotatable bonds is 2. The van der Waals surface area contributed by atoms with Gasteiger partial charge in [-0.2, -0.15) is 0 Å². The van der Waals surface area contributed by atoms with Crippen LogP contribution in [-0.2, 0) is 4.79 Å². The van der Waals surface area contributed by atoms with Crippen molar-refractivity contribution in [1.82, 2.24) is 0 Å². The minimum Gasteiger partial charge on any atom is -0.503 e. The second-order valence-corrected chi connectivity index (χ2v) is 2.57. The molecule has 0 atom stereocenters. The number of carbonyl (C=O) groups excluding carboxylic acids is 1. The molecule has 1 rings (SSSR count). The minimum atomic E-state index is -1.09. The summed E-state index contributed by atoms with van der Waals surface area (Å²) in [5, 5.41) is 8.74. The fourth-order valence-electron chi connectivity index (χ4n) is 0.860. The van der Waals surface area contributed by atoms with Gasteiger partial charge in [0.1, 0.15) is 0 Å². The lowest BCUT2D eigenvalue weighted by molar-refractivity contribution is -0.113. The topological polar surface area (TPSA) is 63.3 Å². The van der Waals surface area contributed by atoms with E-state index < -0.39 is 23.3 Å². The van der Waals surface area contributed by atoms with E-state index in [9.17, 15) is 13.6 Å². The van der Waals surface area contributed by atoms with Crippen molar-refractivity contribution in [2.24, 2.45) is 5.73 Å². The lowest BCUT2D eigenvalue weighted by Gasteiger charge is -1.98. The third-order valence-corrected chi connectivity index (χ3v) is 1.48. The highest BCUT2D eigenvalue weighted by atomic mass is 19.1. The molecule has 3 nitrogen and oxygen atoms in total. The molecule has 0 fully saturated rings. The normalized spacial score (nSPS) is 10.7. The Bertz CT molecular complexity index is 379. The quantitative estimate of drug-likeness (QED) is 0.702. The maximum absolute atomic E-state index is 12.7. The van der Waals surface area contributed by atoms with E-state index in [0.717, 1.165) is 24.3 Å². The van der Waals surface area contributed by atoms with Crippen molar-refractivity contribution < 1.29 is 18.7 Å². The van der Waals surface area contributed by atoms with E-state index in [1.165, 1.54) is 0 Å². The van der Waals surface area contributed by atoms with Gasteiger partial charge in [-0.3, -0.25) is 4.79 Å². The Labute approximate surface area is 78.5 Å².